The van der Waals surface area contributed by atoms with Crippen LogP contribution in [0.2, 0.25) is 0 Å². The number of hydrogen-bond donors (Lipinski definition) is 0. The summed E-state index contributed by atoms with van der Waals surface area (Å²) in [5.41, 5.74) is 2.57. The quantitative estimate of drug-likeness (QED) is 0.686. The Bertz CT molecular complexity index is 340. The third-order valence-electron chi connectivity index (χ3n) is 2.64. The summed E-state index contributed by atoms with van der Waals surface area (Å²) in [6.45, 7) is 5.10. The Labute approximate surface area is 84.8 Å². The van der Waals surface area contributed by atoms with Crippen molar-refractivity contribution in [3.05, 3.63) is 29.3 Å². The third-order valence-corrected chi connectivity index (χ3v) is 2.64. The zero-order valence-corrected chi connectivity index (χ0v) is 8.96. The van der Waals surface area contributed by atoms with Gasteiger partial charge in [-0.15, -0.1) is 0 Å². The van der Waals surface area contributed by atoms with E-state index in [0.717, 1.165) is 18.8 Å². The Morgan fingerprint density at radius 3 is 2.79 bits per heavy atom. The first kappa shape index (κ1) is 9.53. The van der Waals surface area contributed by atoms with Crippen LogP contribution in [-0.4, -0.2) is 19.3 Å². The minimum absolute atomic E-state index is 0.0566. The number of rotatable bonds is 3. The molecule has 0 radical (unpaired) electrons. The lowest BCUT2D eigenvalue weighted by molar-refractivity contribution is 0.318. The van der Waals surface area contributed by atoms with Crippen molar-refractivity contribution < 1.29 is 9.47 Å². The van der Waals surface area contributed by atoms with Gasteiger partial charge in [0.25, 0.3) is 0 Å². The minimum Gasteiger partial charge on any atom is -0.496 e. The molecular formula is C12H16O2. The van der Waals surface area contributed by atoms with Gasteiger partial charge in [-0.1, -0.05) is 17.7 Å². The first-order valence-corrected chi connectivity index (χ1v) is 4.90. The van der Waals surface area contributed by atoms with Crippen molar-refractivity contribution in [1.82, 2.24) is 0 Å². The fourth-order valence-electron chi connectivity index (χ4n) is 1.67. The van der Waals surface area contributed by atoms with Gasteiger partial charge in [-0.3, -0.25) is 0 Å². The molecule has 0 saturated carbocycles. The van der Waals surface area contributed by atoms with E-state index >= 15 is 0 Å². The maximum Gasteiger partial charge on any atom is 0.122 e. The van der Waals surface area contributed by atoms with Crippen molar-refractivity contribution in [1.29, 1.82) is 0 Å². The van der Waals surface area contributed by atoms with Gasteiger partial charge >= 0.3 is 0 Å². The zero-order valence-electron chi connectivity index (χ0n) is 8.96. The van der Waals surface area contributed by atoms with E-state index in [4.69, 9.17) is 9.47 Å². The van der Waals surface area contributed by atoms with Gasteiger partial charge in [-0.05, 0) is 25.5 Å². The standard InChI is InChI=1S/C12H16O2/c1-9-4-5-11(13-3)10(6-9)7-12(2)8-14-12/h4-6H,7-8H2,1-3H3. The largest absolute Gasteiger partial charge is 0.496 e. The van der Waals surface area contributed by atoms with Gasteiger partial charge in [-0.2, -0.15) is 0 Å². The molecular weight excluding hydrogens is 176 g/mol. The highest BCUT2D eigenvalue weighted by Crippen LogP contribution is 2.33. The van der Waals surface area contributed by atoms with Crippen molar-refractivity contribution in [3.8, 4) is 5.75 Å². The smallest absolute Gasteiger partial charge is 0.122 e. The average molecular weight is 192 g/mol. The Morgan fingerprint density at radius 1 is 1.50 bits per heavy atom. The van der Waals surface area contributed by atoms with Crippen LogP contribution >= 0.6 is 0 Å². The van der Waals surface area contributed by atoms with E-state index in [1.807, 2.05) is 6.07 Å². The molecule has 2 heteroatoms. The summed E-state index contributed by atoms with van der Waals surface area (Å²) in [7, 11) is 1.71. The molecule has 1 unspecified atom stereocenters. The van der Waals surface area contributed by atoms with Gasteiger partial charge in [0.05, 0.1) is 19.3 Å². The molecule has 14 heavy (non-hydrogen) atoms. The number of methoxy groups -OCH3 is 1. The van der Waals surface area contributed by atoms with E-state index < -0.39 is 0 Å². The molecule has 0 bridgehead atoms. The van der Waals surface area contributed by atoms with E-state index in [9.17, 15) is 0 Å². The summed E-state index contributed by atoms with van der Waals surface area (Å²) < 4.78 is 10.7. The molecule has 1 aliphatic rings. The molecule has 0 amide bonds. The maximum absolute atomic E-state index is 5.38. The molecule has 76 valence electrons. The number of ether oxygens (including phenoxy) is 2. The van der Waals surface area contributed by atoms with Crippen LogP contribution in [-0.2, 0) is 11.2 Å². The number of aryl methyl sites for hydroxylation is 1. The second-order valence-corrected chi connectivity index (χ2v) is 4.23. The summed E-state index contributed by atoms with van der Waals surface area (Å²) in [4.78, 5) is 0. The lowest BCUT2D eigenvalue weighted by atomic mass is 9.99. The minimum atomic E-state index is 0.0566. The molecule has 0 aromatic heterocycles. The maximum atomic E-state index is 5.38. The van der Waals surface area contributed by atoms with Crippen molar-refractivity contribution in [3.63, 3.8) is 0 Å². The SMILES string of the molecule is COc1ccc(C)cc1CC1(C)CO1. The van der Waals surface area contributed by atoms with E-state index in [0.29, 0.717) is 0 Å². The molecule has 0 spiro atoms. The van der Waals surface area contributed by atoms with Crippen LogP contribution in [0.3, 0.4) is 0 Å². The summed E-state index contributed by atoms with van der Waals surface area (Å²) in [6.07, 6.45) is 0.942. The second-order valence-electron chi connectivity index (χ2n) is 4.23. The normalized spacial score (nSPS) is 24.8. The van der Waals surface area contributed by atoms with Crippen LogP contribution in [0.5, 0.6) is 5.75 Å². The van der Waals surface area contributed by atoms with Crippen LogP contribution in [0.15, 0.2) is 18.2 Å². The molecule has 2 nitrogen and oxygen atoms in total. The fourth-order valence-corrected chi connectivity index (χ4v) is 1.67. The van der Waals surface area contributed by atoms with Crippen molar-refractivity contribution in [2.75, 3.05) is 13.7 Å². The molecule has 0 aliphatic carbocycles. The fraction of sp³-hybridized carbons (Fsp3) is 0.500. The number of hydrogen-bond acceptors (Lipinski definition) is 2. The molecule has 1 saturated heterocycles. The van der Waals surface area contributed by atoms with Gasteiger partial charge in [0.2, 0.25) is 0 Å². The molecule has 1 aromatic rings. The van der Waals surface area contributed by atoms with E-state index in [1.165, 1.54) is 11.1 Å². The van der Waals surface area contributed by atoms with Crippen molar-refractivity contribution >= 4 is 0 Å². The van der Waals surface area contributed by atoms with Gasteiger partial charge < -0.3 is 9.47 Å². The van der Waals surface area contributed by atoms with Crippen LogP contribution in [0, 0.1) is 6.92 Å². The second kappa shape index (κ2) is 3.28. The summed E-state index contributed by atoms with van der Waals surface area (Å²) >= 11 is 0. The molecule has 1 atom stereocenters. The van der Waals surface area contributed by atoms with E-state index in [-0.39, 0.29) is 5.60 Å². The van der Waals surface area contributed by atoms with Gasteiger partial charge in [-0.25, -0.2) is 0 Å². The monoisotopic (exact) mass is 192 g/mol. The highest BCUT2D eigenvalue weighted by molar-refractivity contribution is 5.38. The van der Waals surface area contributed by atoms with Crippen LogP contribution in [0.1, 0.15) is 18.1 Å². The van der Waals surface area contributed by atoms with Crippen LogP contribution in [0.4, 0.5) is 0 Å². The van der Waals surface area contributed by atoms with Crippen LogP contribution < -0.4 is 4.74 Å². The Balaban J connectivity index is 2.25. The van der Waals surface area contributed by atoms with Crippen LogP contribution in [0.25, 0.3) is 0 Å². The van der Waals surface area contributed by atoms with Crippen molar-refractivity contribution in [2.24, 2.45) is 0 Å². The van der Waals surface area contributed by atoms with Gasteiger partial charge in [0.15, 0.2) is 0 Å². The third kappa shape index (κ3) is 1.90. The van der Waals surface area contributed by atoms with E-state index in [2.05, 4.69) is 26.0 Å². The molecule has 1 aliphatic heterocycles. The molecule has 1 heterocycles. The predicted octanol–water partition coefficient (Wildman–Crippen LogP) is 2.34. The number of benzene rings is 1. The highest BCUT2D eigenvalue weighted by atomic mass is 16.6. The Morgan fingerprint density at radius 2 is 2.21 bits per heavy atom. The van der Waals surface area contributed by atoms with E-state index in [1.54, 1.807) is 7.11 Å². The zero-order chi connectivity index (χ0) is 10.2. The molecule has 0 N–H and O–H groups in total. The summed E-state index contributed by atoms with van der Waals surface area (Å²) in [5, 5.41) is 0. The number of epoxide rings is 1. The van der Waals surface area contributed by atoms with Gasteiger partial charge in [0.1, 0.15) is 5.75 Å². The summed E-state index contributed by atoms with van der Waals surface area (Å²) in [5.74, 6) is 0.965. The Hall–Kier alpha value is -1.02. The van der Waals surface area contributed by atoms with Crippen molar-refractivity contribution in [2.45, 2.75) is 25.9 Å². The molecule has 2 rings (SSSR count). The Kier molecular flexibility index (Phi) is 2.23. The average Bonchev–Trinajstić information content (AvgIpc) is 2.84. The molecule has 1 aromatic carbocycles. The lowest BCUT2D eigenvalue weighted by Crippen LogP contribution is -2.09. The highest BCUT2D eigenvalue weighted by Gasteiger charge is 2.39. The first-order chi connectivity index (χ1) is 6.63. The summed E-state index contributed by atoms with van der Waals surface area (Å²) in [6, 6.07) is 6.26. The van der Waals surface area contributed by atoms with Gasteiger partial charge in [0, 0.05) is 6.42 Å². The first-order valence-electron chi connectivity index (χ1n) is 4.90. The lowest BCUT2D eigenvalue weighted by Gasteiger charge is -2.11. The predicted molar refractivity (Wildman–Crippen MR) is 55.8 cm³/mol. The topological polar surface area (TPSA) is 21.8 Å². The molecule has 1 fully saturated rings.